The number of halogens is 2. The van der Waals surface area contributed by atoms with E-state index in [1.54, 1.807) is 46.4 Å². The number of carbonyl (C=O) groups is 3. The van der Waals surface area contributed by atoms with Crippen molar-refractivity contribution in [2.24, 2.45) is 11.7 Å². The average Bonchev–Trinajstić information content (AvgIpc) is 3.45. The van der Waals surface area contributed by atoms with Crippen LogP contribution in [0.5, 0.6) is 0 Å². The van der Waals surface area contributed by atoms with E-state index in [0.717, 1.165) is 18.9 Å². The van der Waals surface area contributed by atoms with E-state index in [0.29, 0.717) is 19.5 Å². The summed E-state index contributed by atoms with van der Waals surface area (Å²) in [5, 5.41) is 3.24. The monoisotopic (exact) mass is 541 g/mol. The second kappa shape index (κ2) is 10.9. The number of amides is 2. The van der Waals surface area contributed by atoms with Crippen LogP contribution in [-0.2, 0) is 14.3 Å². The first-order chi connectivity index (χ1) is 17.1. The molecule has 5 N–H and O–H groups in total. The molecule has 37 heavy (non-hydrogen) atoms. The summed E-state index contributed by atoms with van der Waals surface area (Å²) in [6, 6.07) is 0.325. The van der Waals surface area contributed by atoms with E-state index in [1.807, 2.05) is 0 Å². The van der Waals surface area contributed by atoms with Crippen LogP contribution in [0.1, 0.15) is 71.2 Å². The first-order valence-electron chi connectivity index (χ1n) is 12.4. The van der Waals surface area contributed by atoms with Crippen LogP contribution in [0.15, 0.2) is 6.07 Å². The number of hydrazine groups is 1. The lowest BCUT2D eigenvalue weighted by Crippen LogP contribution is -2.44. The largest absolute Gasteiger partial charge is 0.459 e. The lowest BCUT2D eigenvalue weighted by Gasteiger charge is -2.26. The molecule has 1 saturated carbocycles. The molecule has 2 atom stereocenters. The van der Waals surface area contributed by atoms with Crippen LogP contribution in [0.2, 0.25) is 5.02 Å². The number of anilines is 2. The number of rotatable bonds is 6. The zero-order valence-corrected chi connectivity index (χ0v) is 22.9. The Morgan fingerprint density at radius 3 is 2.27 bits per heavy atom. The van der Waals surface area contributed by atoms with Crippen molar-refractivity contribution < 1.29 is 28.2 Å². The molecule has 2 unspecified atom stereocenters. The predicted molar refractivity (Wildman–Crippen MR) is 139 cm³/mol. The molecule has 2 aliphatic rings. The summed E-state index contributed by atoms with van der Waals surface area (Å²) in [5.74, 6) is -2.23. The van der Waals surface area contributed by atoms with Gasteiger partial charge < -0.3 is 25.4 Å². The van der Waals surface area contributed by atoms with E-state index in [4.69, 9.17) is 26.8 Å². The fourth-order valence-electron chi connectivity index (χ4n) is 3.98. The molecule has 12 heteroatoms. The molecule has 1 saturated heterocycles. The molecule has 0 bridgehead atoms. The topological polar surface area (TPSA) is 135 Å². The number of nitrogens with two attached hydrogens (primary N) is 1. The van der Waals surface area contributed by atoms with Gasteiger partial charge in [0, 0.05) is 25.0 Å². The third-order valence-corrected chi connectivity index (χ3v) is 6.14. The molecule has 0 spiro atoms. The van der Waals surface area contributed by atoms with Gasteiger partial charge in [-0.1, -0.05) is 11.6 Å². The van der Waals surface area contributed by atoms with E-state index in [9.17, 15) is 14.4 Å². The Balaban J connectivity index is 1.79. The first kappa shape index (κ1) is 28.8. The normalized spacial score (nSPS) is 18.7. The molecule has 1 aromatic carbocycles. The van der Waals surface area contributed by atoms with Crippen molar-refractivity contribution in [2.45, 2.75) is 84.1 Å². The minimum absolute atomic E-state index is 0.0424. The number of nitrogens with one attached hydrogen (secondary N) is 3. The van der Waals surface area contributed by atoms with Crippen molar-refractivity contribution in [3.63, 3.8) is 0 Å². The Morgan fingerprint density at radius 2 is 1.70 bits per heavy atom. The fourth-order valence-corrected chi connectivity index (χ4v) is 4.34. The Labute approximate surface area is 221 Å². The van der Waals surface area contributed by atoms with E-state index in [2.05, 4.69) is 16.2 Å². The highest BCUT2D eigenvalue weighted by Gasteiger charge is 2.37. The Bertz CT molecular complexity index is 1050. The van der Waals surface area contributed by atoms with Crippen LogP contribution < -0.4 is 26.8 Å². The molecule has 10 nitrogen and oxygen atoms in total. The van der Waals surface area contributed by atoms with Gasteiger partial charge in [-0.25, -0.2) is 14.6 Å². The zero-order valence-electron chi connectivity index (χ0n) is 22.2. The maximum absolute atomic E-state index is 15.4. The van der Waals surface area contributed by atoms with Gasteiger partial charge in [-0.2, -0.15) is 0 Å². The average molecular weight is 542 g/mol. The van der Waals surface area contributed by atoms with Gasteiger partial charge in [0.1, 0.15) is 23.1 Å². The van der Waals surface area contributed by atoms with Gasteiger partial charge in [0.2, 0.25) is 0 Å². The minimum Gasteiger partial charge on any atom is -0.459 e. The lowest BCUT2D eigenvalue weighted by molar-refractivity contribution is -0.157. The van der Waals surface area contributed by atoms with Gasteiger partial charge in [-0.3, -0.25) is 15.0 Å². The van der Waals surface area contributed by atoms with Gasteiger partial charge in [0.15, 0.2) is 0 Å². The summed E-state index contributed by atoms with van der Waals surface area (Å²) in [7, 11) is 0. The maximum atomic E-state index is 15.4. The number of carbonyl (C=O) groups excluding carboxylic acids is 3. The molecule has 2 fully saturated rings. The van der Waals surface area contributed by atoms with Crippen LogP contribution in [0.4, 0.5) is 20.6 Å². The molecule has 1 aliphatic heterocycles. The second-order valence-corrected chi connectivity index (χ2v) is 11.9. The Morgan fingerprint density at radius 1 is 1.08 bits per heavy atom. The molecular formula is C25H37ClFN5O5. The van der Waals surface area contributed by atoms with Gasteiger partial charge in [-0.15, -0.1) is 0 Å². The molecule has 206 valence electrons. The van der Waals surface area contributed by atoms with Crippen LogP contribution >= 0.6 is 11.6 Å². The van der Waals surface area contributed by atoms with Crippen molar-refractivity contribution in [1.29, 1.82) is 0 Å². The first-order valence-corrected chi connectivity index (χ1v) is 12.7. The van der Waals surface area contributed by atoms with Crippen LogP contribution in [0.25, 0.3) is 0 Å². The number of benzene rings is 1. The molecule has 0 aromatic heterocycles. The highest BCUT2D eigenvalue weighted by Crippen LogP contribution is 2.42. The maximum Gasteiger partial charge on any atom is 0.426 e. The third-order valence-electron chi connectivity index (χ3n) is 5.77. The zero-order chi connectivity index (χ0) is 27.7. The van der Waals surface area contributed by atoms with Gasteiger partial charge >= 0.3 is 12.1 Å². The summed E-state index contributed by atoms with van der Waals surface area (Å²) in [6.07, 6.45) is 1.46. The predicted octanol–water partition coefficient (Wildman–Crippen LogP) is 3.72. The minimum atomic E-state index is -0.862. The smallest absolute Gasteiger partial charge is 0.426 e. The highest BCUT2D eigenvalue weighted by atomic mass is 35.5. The van der Waals surface area contributed by atoms with E-state index in [-0.39, 0.29) is 33.9 Å². The van der Waals surface area contributed by atoms with Crippen molar-refractivity contribution in [3.8, 4) is 0 Å². The summed E-state index contributed by atoms with van der Waals surface area (Å²) in [6.45, 7) is 11.1. The Hall–Kier alpha value is -2.79. The van der Waals surface area contributed by atoms with E-state index in [1.165, 1.54) is 0 Å². The number of ether oxygens (including phenoxy) is 2. The number of hydrogen-bond acceptors (Lipinski definition) is 8. The van der Waals surface area contributed by atoms with Crippen molar-refractivity contribution in [3.05, 3.63) is 22.5 Å². The lowest BCUT2D eigenvalue weighted by atomic mass is 9.99. The molecule has 0 radical (unpaired) electrons. The highest BCUT2D eigenvalue weighted by molar-refractivity contribution is 6.37. The number of nitrogens with zero attached hydrogens (tertiary/aromatic N) is 1. The molecule has 1 aromatic rings. The molecule has 1 heterocycles. The molecular weight excluding hydrogens is 505 g/mol. The second-order valence-electron chi connectivity index (χ2n) is 11.5. The molecule has 2 amide bonds. The number of hydrogen-bond donors (Lipinski definition) is 4. The summed E-state index contributed by atoms with van der Waals surface area (Å²) < 4.78 is 25.9. The molecule has 3 rings (SSSR count). The van der Waals surface area contributed by atoms with Crippen molar-refractivity contribution in [1.82, 2.24) is 10.9 Å². The van der Waals surface area contributed by atoms with E-state index < -0.39 is 41.0 Å². The number of esters is 1. The van der Waals surface area contributed by atoms with Crippen LogP contribution in [-0.4, -0.2) is 54.3 Å². The van der Waals surface area contributed by atoms with Gasteiger partial charge in [-0.05, 0) is 66.9 Å². The van der Waals surface area contributed by atoms with Crippen LogP contribution in [0.3, 0.4) is 0 Å². The summed E-state index contributed by atoms with van der Waals surface area (Å²) in [4.78, 5) is 39.0. The molecule has 1 aliphatic carbocycles. The summed E-state index contributed by atoms with van der Waals surface area (Å²) >= 11 is 6.68. The van der Waals surface area contributed by atoms with Crippen molar-refractivity contribution in [2.75, 3.05) is 23.3 Å². The van der Waals surface area contributed by atoms with Gasteiger partial charge in [0.25, 0.3) is 5.91 Å². The quantitative estimate of drug-likeness (QED) is 0.316. The third kappa shape index (κ3) is 7.85. The summed E-state index contributed by atoms with van der Waals surface area (Å²) in [5.41, 5.74) is 9.49. The van der Waals surface area contributed by atoms with E-state index >= 15 is 4.39 Å². The van der Waals surface area contributed by atoms with Crippen molar-refractivity contribution >= 4 is 40.9 Å². The Kier molecular flexibility index (Phi) is 8.48. The standard InChI is InChI=1S/C25H37ClFN5O5/c1-24(2,3)36-22(34)18(28)13-9-10-32(12-13)20-16(27)11-15(19(17(20)26)29-14-7-8-14)21(33)30-31-23(35)37-25(4,5)6/h11,13-14,18,29H,7-10,12,28H2,1-6H3,(H,30,33)(H,31,35). The fraction of sp³-hybridized carbons (Fsp3) is 0.640. The SMILES string of the molecule is CC(C)(C)OC(=O)NNC(=O)c1cc(F)c(N2CCC(C(N)C(=O)OC(C)(C)C)C2)c(Cl)c1NC1CC1. The van der Waals surface area contributed by atoms with Crippen LogP contribution in [0, 0.1) is 11.7 Å². The van der Waals surface area contributed by atoms with Gasteiger partial charge in [0.05, 0.1) is 22.0 Å².